The van der Waals surface area contributed by atoms with Gasteiger partial charge in [0.05, 0.1) is 6.20 Å². The van der Waals surface area contributed by atoms with Crippen molar-refractivity contribution in [3.8, 4) is 10.7 Å². The van der Waals surface area contributed by atoms with Crippen LogP contribution in [0.25, 0.3) is 10.7 Å². The molecular formula is C18H20N6OS. The molecule has 2 heterocycles. The van der Waals surface area contributed by atoms with E-state index in [-0.39, 0.29) is 11.9 Å². The standard InChI is InChI=1S/C18H20N6OS/c1-20-18-21-8-7-14(24-18)17-23-11-15(26-17)16(25)22-10-13(19)9-12-5-3-2-4-6-12/h2-8,11,13H,9-10,19H2,1H3,(H,22,25)(H,20,21,24). The first kappa shape index (κ1) is 18.0. The molecule has 134 valence electrons. The molecule has 3 aromatic rings. The van der Waals surface area contributed by atoms with Gasteiger partial charge in [-0.25, -0.2) is 15.0 Å². The lowest BCUT2D eigenvalue weighted by Crippen LogP contribution is -2.38. The van der Waals surface area contributed by atoms with Gasteiger partial charge in [0.25, 0.3) is 5.91 Å². The van der Waals surface area contributed by atoms with Crippen LogP contribution in [0.5, 0.6) is 0 Å². The summed E-state index contributed by atoms with van der Waals surface area (Å²) in [6.45, 7) is 0.401. The molecule has 3 rings (SSSR count). The van der Waals surface area contributed by atoms with Crippen LogP contribution in [0.4, 0.5) is 5.95 Å². The number of rotatable bonds is 7. The van der Waals surface area contributed by atoms with Gasteiger partial charge >= 0.3 is 0 Å². The lowest BCUT2D eigenvalue weighted by Gasteiger charge is -2.12. The number of nitrogens with two attached hydrogens (primary N) is 1. The van der Waals surface area contributed by atoms with Gasteiger partial charge in [0, 0.05) is 25.8 Å². The van der Waals surface area contributed by atoms with Crippen LogP contribution in [0.15, 0.2) is 48.8 Å². The number of amides is 1. The summed E-state index contributed by atoms with van der Waals surface area (Å²) >= 11 is 1.29. The first-order chi connectivity index (χ1) is 12.7. The Morgan fingerprint density at radius 3 is 2.81 bits per heavy atom. The minimum absolute atomic E-state index is 0.145. The molecule has 2 aromatic heterocycles. The second-order valence-corrected chi connectivity index (χ2v) is 6.74. The molecule has 0 radical (unpaired) electrons. The fraction of sp³-hybridized carbons (Fsp3) is 0.222. The zero-order chi connectivity index (χ0) is 18.4. The molecule has 26 heavy (non-hydrogen) atoms. The molecule has 0 aliphatic rings. The fourth-order valence-corrected chi connectivity index (χ4v) is 3.20. The largest absolute Gasteiger partial charge is 0.357 e. The third-order valence-corrected chi connectivity index (χ3v) is 4.71. The third kappa shape index (κ3) is 4.62. The Bertz CT molecular complexity index is 867. The summed E-state index contributed by atoms with van der Waals surface area (Å²) in [5.74, 6) is 0.329. The summed E-state index contributed by atoms with van der Waals surface area (Å²) in [7, 11) is 1.75. The number of aromatic nitrogens is 3. The number of carbonyl (C=O) groups excluding carboxylic acids is 1. The van der Waals surface area contributed by atoms with Crippen LogP contribution in [0, 0.1) is 0 Å². The number of hydrogen-bond acceptors (Lipinski definition) is 7. The molecule has 1 atom stereocenters. The normalized spacial score (nSPS) is 11.8. The monoisotopic (exact) mass is 368 g/mol. The van der Waals surface area contributed by atoms with Gasteiger partial charge in [-0.3, -0.25) is 4.79 Å². The molecule has 1 aromatic carbocycles. The van der Waals surface area contributed by atoms with Crippen molar-refractivity contribution < 1.29 is 4.79 Å². The van der Waals surface area contributed by atoms with Crippen molar-refractivity contribution in [2.75, 3.05) is 18.9 Å². The summed E-state index contributed by atoms with van der Waals surface area (Å²) in [5.41, 5.74) is 7.94. The quantitative estimate of drug-likeness (QED) is 0.588. The van der Waals surface area contributed by atoms with Gasteiger partial charge in [-0.15, -0.1) is 11.3 Å². The second-order valence-electron chi connectivity index (χ2n) is 5.70. The van der Waals surface area contributed by atoms with E-state index in [9.17, 15) is 4.79 Å². The second kappa shape index (κ2) is 8.50. The number of hydrogen-bond donors (Lipinski definition) is 3. The van der Waals surface area contributed by atoms with Crippen LogP contribution in [-0.4, -0.2) is 40.5 Å². The van der Waals surface area contributed by atoms with E-state index in [1.54, 1.807) is 25.5 Å². The van der Waals surface area contributed by atoms with Crippen molar-refractivity contribution in [2.45, 2.75) is 12.5 Å². The summed E-state index contributed by atoms with van der Waals surface area (Å²) in [6.07, 6.45) is 3.92. The van der Waals surface area contributed by atoms with Crippen LogP contribution in [-0.2, 0) is 6.42 Å². The van der Waals surface area contributed by atoms with Gasteiger partial charge in [-0.2, -0.15) is 0 Å². The first-order valence-corrected chi connectivity index (χ1v) is 9.02. The van der Waals surface area contributed by atoms with E-state index < -0.39 is 0 Å². The molecular weight excluding hydrogens is 348 g/mol. The van der Waals surface area contributed by atoms with E-state index in [1.807, 2.05) is 30.3 Å². The first-order valence-electron chi connectivity index (χ1n) is 8.20. The van der Waals surface area contributed by atoms with Crippen LogP contribution >= 0.6 is 11.3 Å². The predicted molar refractivity (Wildman–Crippen MR) is 103 cm³/mol. The molecule has 0 fully saturated rings. The van der Waals surface area contributed by atoms with Gasteiger partial charge in [-0.1, -0.05) is 30.3 Å². The lowest BCUT2D eigenvalue weighted by atomic mass is 10.1. The molecule has 0 bridgehead atoms. The van der Waals surface area contributed by atoms with Crippen LogP contribution < -0.4 is 16.4 Å². The van der Waals surface area contributed by atoms with Crippen molar-refractivity contribution in [2.24, 2.45) is 5.73 Å². The van der Waals surface area contributed by atoms with Crippen LogP contribution in [0.1, 0.15) is 15.2 Å². The summed E-state index contributed by atoms with van der Waals surface area (Å²) in [4.78, 5) is 25.5. The highest BCUT2D eigenvalue weighted by atomic mass is 32.1. The van der Waals surface area contributed by atoms with Crippen LogP contribution in [0.2, 0.25) is 0 Å². The van der Waals surface area contributed by atoms with Crippen molar-refractivity contribution >= 4 is 23.2 Å². The highest BCUT2D eigenvalue weighted by molar-refractivity contribution is 7.16. The molecule has 1 amide bonds. The maximum atomic E-state index is 12.3. The highest BCUT2D eigenvalue weighted by Gasteiger charge is 2.14. The molecule has 4 N–H and O–H groups in total. The van der Waals surface area contributed by atoms with Gasteiger partial charge in [-0.05, 0) is 18.1 Å². The van der Waals surface area contributed by atoms with Gasteiger partial charge < -0.3 is 16.4 Å². The molecule has 8 heteroatoms. The third-order valence-electron chi connectivity index (χ3n) is 3.69. The van der Waals surface area contributed by atoms with E-state index >= 15 is 0 Å². The summed E-state index contributed by atoms with van der Waals surface area (Å²) < 4.78 is 0. The van der Waals surface area contributed by atoms with Gasteiger partial charge in [0.1, 0.15) is 15.6 Å². The molecule has 1 unspecified atom stereocenters. The summed E-state index contributed by atoms with van der Waals surface area (Å²) in [5, 5.41) is 6.42. The molecule has 0 aliphatic heterocycles. The fourth-order valence-electron chi connectivity index (χ4n) is 2.40. The molecule has 0 aliphatic carbocycles. The number of nitrogens with one attached hydrogen (secondary N) is 2. The zero-order valence-corrected chi connectivity index (χ0v) is 15.2. The zero-order valence-electron chi connectivity index (χ0n) is 14.3. The van der Waals surface area contributed by atoms with Crippen molar-refractivity contribution in [1.82, 2.24) is 20.3 Å². The Morgan fingerprint density at radius 2 is 2.04 bits per heavy atom. The summed E-state index contributed by atoms with van der Waals surface area (Å²) in [6, 6.07) is 11.6. The average Bonchev–Trinajstić information content (AvgIpc) is 3.17. The number of carbonyl (C=O) groups is 1. The Morgan fingerprint density at radius 1 is 1.23 bits per heavy atom. The lowest BCUT2D eigenvalue weighted by molar-refractivity contribution is 0.0955. The number of anilines is 1. The predicted octanol–water partition coefficient (Wildman–Crippen LogP) is 1.94. The van der Waals surface area contributed by atoms with Crippen molar-refractivity contribution in [3.05, 3.63) is 59.2 Å². The molecule has 7 nitrogen and oxygen atoms in total. The van der Waals surface area contributed by atoms with E-state index in [0.717, 1.165) is 5.56 Å². The Balaban J connectivity index is 1.57. The van der Waals surface area contributed by atoms with E-state index in [0.29, 0.717) is 34.5 Å². The molecule has 0 saturated heterocycles. The van der Waals surface area contributed by atoms with E-state index in [1.165, 1.54) is 11.3 Å². The highest BCUT2D eigenvalue weighted by Crippen LogP contribution is 2.23. The minimum Gasteiger partial charge on any atom is -0.357 e. The van der Waals surface area contributed by atoms with Crippen LogP contribution in [0.3, 0.4) is 0 Å². The Labute approximate surface area is 155 Å². The van der Waals surface area contributed by atoms with Crippen molar-refractivity contribution in [3.63, 3.8) is 0 Å². The SMILES string of the molecule is CNc1nccc(-c2ncc(C(=O)NCC(N)Cc3ccccc3)s2)n1. The van der Waals surface area contributed by atoms with E-state index in [4.69, 9.17) is 5.73 Å². The Kier molecular flexibility index (Phi) is 5.88. The molecule has 0 saturated carbocycles. The average molecular weight is 368 g/mol. The Hall–Kier alpha value is -2.84. The maximum absolute atomic E-state index is 12.3. The van der Waals surface area contributed by atoms with E-state index in [2.05, 4.69) is 25.6 Å². The van der Waals surface area contributed by atoms with Crippen molar-refractivity contribution in [1.29, 1.82) is 0 Å². The van der Waals surface area contributed by atoms with Gasteiger partial charge in [0.15, 0.2) is 0 Å². The number of benzene rings is 1. The maximum Gasteiger partial charge on any atom is 0.263 e. The number of nitrogens with zero attached hydrogens (tertiary/aromatic N) is 3. The molecule has 0 spiro atoms. The van der Waals surface area contributed by atoms with Gasteiger partial charge in [0.2, 0.25) is 5.95 Å². The smallest absolute Gasteiger partial charge is 0.263 e. The number of thiazole rings is 1. The minimum atomic E-state index is -0.180. The topological polar surface area (TPSA) is 106 Å².